The maximum atomic E-state index is 11.1. The number of thiazole rings is 1. The van der Waals surface area contributed by atoms with Crippen molar-refractivity contribution < 1.29 is 9.53 Å². The van der Waals surface area contributed by atoms with E-state index in [0.717, 1.165) is 39.9 Å². The summed E-state index contributed by atoms with van der Waals surface area (Å²) in [5.41, 5.74) is 2.41. The first kappa shape index (κ1) is 15.2. The van der Waals surface area contributed by atoms with Crippen LogP contribution in [0.5, 0.6) is 5.75 Å². The minimum atomic E-state index is 0.392. The van der Waals surface area contributed by atoms with E-state index in [9.17, 15) is 4.79 Å². The number of ether oxygens (including phenoxy) is 1. The molecule has 0 amide bonds. The van der Waals surface area contributed by atoms with Crippen LogP contribution >= 0.6 is 27.3 Å². The van der Waals surface area contributed by atoms with Crippen LogP contribution in [0, 0.1) is 6.92 Å². The molecular weight excluding hydrogens is 338 g/mol. The molecule has 2 aromatic rings. The maximum Gasteiger partial charge on any atom is 0.153 e. The highest BCUT2D eigenvalue weighted by Gasteiger charge is 2.10. The van der Waals surface area contributed by atoms with Crippen molar-refractivity contribution in [3.8, 4) is 5.75 Å². The van der Waals surface area contributed by atoms with Gasteiger partial charge in [0.15, 0.2) is 6.29 Å². The number of aldehydes is 1. The number of benzene rings is 1. The Kier molecular flexibility index (Phi) is 5.31. The Bertz CT molecular complexity index is 610. The number of nitrogens with zero attached hydrogens (tertiary/aromatic N) is 1. The molecule has 0 N–H and O–H groups in total. The van der Waals surface area contributed by atoms with Gasteiger partial charge in [-0.3, -0.25) is 4.79 Å². The molecule has 1 aromatic carbocycles. The Morgan fingerprint density at radius 3 is 2.95 bits per heavy atom. The number of rotatable bonds is 6. The van der Waals surface area contributed by atoms with Gasteiger partial charge in [-0.2, -0.15) is 0 Å². The van der Waals surface area contributed by atoms with Crippen LogP contribution in [0.25, 0.3) is 0 Å². The van der Waals surface area contributed by atoms with Crippen molar-refractivity contribution in [2.45, 2.75) is 33.3 Å². The van der Waals surface area contributed by atoms with Crippen molar-refractivity contribution in [2.75, 3.05) is 0 Å². The van der Waals surface area contributed by atoms with Crippen molar-refractivity contribution >= 4 is 33.6 Å². The second-order valence-corrected chi connectivity index (χ2v) is 6.39. The molecule has 0 saturated carbocycles. The van der Waals surface area contributed by atoms with Gasteiger partial charge in [-0.15, -0.1) is 11.3 Å². The summed E-state index contributed by atoms with van der Waals surface area (Å²) in [5.74, 6) is 0.633. The van der Waals surface area contributed by atoms with Crippen LogP contribution in [-0.4, -0.2) is 11.3 Å². The number of aryl methyl sites for hydroxylation is 2. The summed E-state index contributed by atoms with van der Waals surface area (Å²) in [5, 5.41) is 3.15. The molecule has 0 spiro atoms. The van der Waals surface area contributed by atoms with Gasteiger partial charge < -0.3 is 4.74 Å². The van der Waals surface area contributed by atoms with Gasteiger partial charge in [-0.25, -0.2) is 4.98 Å². The van der Waals surface area contributed by atoms with Crippen LogP contribution in [-0.2, 0) is 13.0 Å². The zero-order valence-corrected chi connectivity index (χ0v) is 13.9. The minimum Gasteiger partial charge on any atom is -0.486 e. The number of halogens is 1. The van der Waals surface area contributed by atoms with Crippen LogP contribution in [0.1, 0.15) is 40.0 Å². The van der Waals surface area contributed by atoms with Gasteiger partial charge in [0, 0.05) is 9.85 Å². The third-order valence-corrected chi connectivity index (χ3v) is 4.24. The summed E-state index contributed by atoms with van der Waals surface area (Å²) in [7, 11) is 0. The molecule has 20 heavy (non-hydrogen) atoms. The summed E-state index contributed by atoms with van der Waals surface area (Å²) in [6, 6.07) is 3.70. The predicted octanol–water partition coefficient (Wildman–Crippen LogP) is 4.56. The van der Waals surface area contributed by atoms with E-state index in [4.69, 9.17) is 4.74 Å². The number of aromatic nitrogens is 1. The molecule has 1 aromatic heterocycles. The molecular formula is C15H16BrNO2S. The minimum absolute atomic E-state index is 0.392. The first-order chi connectivity index (χ1) is 9.63. The molecule has 106 valence electrons. The molecule has 0 unspecified atom stereocenters. The third kappa shape index (κ3) is 3.67. The Hall–Kier alpha value is -1.20. The van der Waals surface area contributed by atoms with Gasteiger partial charge in [0.05, 0.1) is 16.3 Å². The van der Waals surface area contributed by atoms with Crippen LogP contribution in [0.15, 0.2) is 22.0 Å². The molecule has 2 rings (SSSR count). The zero-order valence-electron chi connectivity index (χ0n) is 11.5. The van der Waals surface area contributed by atoms with Crippen LogP contribution in [0.3, 0.4) is 0 Å². The van der Waals surface area contributed by atoms with Crippen molar-refractivity contribution in [1.82, 2.24) is 4.98 Å². The highest BCUT2D eigenvalue weighted by atomic mass is 79.9. The summed E-state index contributed by atoms with van der Waals surface area (Å²) < 4.78 is 6.66. The van der Waals surface area contributed by atoms with Crippen molar-refractivity contribution in [3.63, 3.8) is 0 Å². The molecule has 1 heterocycles. The molecule has 0 fully saturated rings. The van der Waals surface area contributed by atoms with Crippen LogP contribution < -0.4 is 4.74 Å². The lowest BCUT2D eigenvalue weighted by Crippen LogP contribution is -2.01. The standard InChI is InChI=1S/C15H16BrNO2S/c1-3-4-14-17-13(9-20-14)8-19-15-10(2)5-12(16)6-11(15)7-18/h5-7,9H,3-4,8H2,1-2H3. The lowest BCUT2D eigenvalue weighted by molar-refractivity contribution is 0.111. The van der Waals surface area contributed by atoms with Gasteiger partial charge in [0.25, 0.3) is 0 Å². The van der Waals surface area contributed by atoms with Gasteiger partial charge >= 0.3 is 0 Å². The largest absolute Gasteiger partial charge is 0.486 e. The normalized spacial score (nSPS) is 10.6. The average molecular weight is 354 g/mol. The molecule has 0 aliphatic carbocycles. The predicted molar refractivity (Wildman–Crippen MR) is 84.7 cm³/mol. The molecule has 5 heteroatoms. The molecule has 3 nitrogen and oxygen atoms in total. The fourth-order valence-corrected chi connectivity index (χ4v) is 3.41. The van der Waals surface area contributed by atoms with E-state index in [2.05, 4.69) is 27.8 Å². The second kappa shape index (κ2) is 6.99. The van der Waals surface area contributed by atoms with Crippen LogP contribution in [0.2, 0.25) is 0 Å². The first-order valence-electron chi connectivity index (χ1n) is 6.45. The quantitative estimate of drug-likeness (QED) is 0.714. The lowest BCUT2D eigenvalue weighted by Gasteiger charge is -2.11. The lowest BCUT2D eigenvalue weighted by atomic mass is 10.1. The Morgan fingerprint density at radius 1 is 1.45 bits per heavy atom. The summed E-state index contributed by atoms with van der Waals surface area (Å²) in [6.07, 6.45) is 2.91. The molecule has 0 aliphatic rings. The van der Waals surface area contributed by atoms with E-state index >= 15 is 0 Å². The molecule has 0 saturated heterocycles. The van der Waals surface area contributed by atoms with Crippen molar-refractivity contribution in [3.05, 3.63) is 43.8 Å². The fraction of sp³-hybridized carbons (Fsp3) is 0.333. The highest BCUT2D eigenvalue weighted by molar-refractivity contribution is 9.10. The fourth-order valence-electron chi connectivity index (χ4n) is 1.93. The highest BCUT2D eigenvalue weighted by Crippen LogP contribution is 2.27. The molecule has 0 radical (unpaired) electrons. The smallest absolute Gasteiger partial charge is 0.153 e. The number of carbonyl (C=O) groups excluding carboxylic acids is 1. The summed E-state index contributed by atoms with van der Waals surface area (Å²) in [4.78, 5) is 15.6. The Labute approximate surface area is 131 Å². The SMILES string of the molecule is CCCc1nc(COc2c(C)cc(Br)cc2C=O)cs1. The van der Waals surface area contributed by atoms with E-state index in [1.807, 2.05) is 18.4 Å². The monoisotopic (exact) mass is 353 g/mol. The summed E-state index contributed by atoms with van der Waals surface area (Å²) >= 11 is 5.04. The van der Waals surface area contributed by atoms with E-state index in [1.54, 1.807) is 17.4 Å². The Balaban J connectivity index is 2.11. The second-order valence-electron chi connectivity index (χ2n) is 4.53. The van der Waals surface area contributed by atoms with E-state index < -0.39 is 0 Å². The van der Waals surface area contributed by atoms with Crippen molar-refractivity contribution in [2.24, 2.45) is 0 Å². The number of carbonyl (C=O) groups is 1. The van der Waals surface area contributed by atoms with Crippen LogP contribution in [0.4, 0.5) is 0 Å². The summed E-state index contributed by atoms with van der Waals surface area (Å²) in [6.45, 7) is 4.46. The van der Waals surface area contributed by atoms with Crippen molar-refractivity contribution in [1.29, 1.82) is 0 Å². The topological polar surface area (TPSA) is 39.2 Å². The van der Waals surface area contributed by atoms with Gasteiger partial charge in [-0.05, 0) is 37.5 Å². The third-order valence-electron chi connectivity index (χ3n) is 2.82. The van der Waals surface area contributed by atoms with E-state index in [1.165, 1.54) is 0 Å². The Morgan fingerprint density at radius 2 is 2.25 bits per heavy atom. The number of hydrogen-bond acceptors (Lipinski definition) is 4. The van der Waals surface area contributed by atoms with Gasteiger partial charge in [0.2, 0.25) is 0 Å². The maximum absolute atomic E-state index is 11.1. The molecule has 0 atom stereocenters. The number of hydrogen-bond donors (Lipinski definition) is 0. The molecule has 0 bridgehead atoms. The van der Waals surface area contributed by atoms with Gasteiger partial charge in [-0.1, -0.05) is 22.9 Å². The first-order valence-corrected chi connectivity index (χ1v) is 8.12. The van der Waals surface area contributed by atoms with E-state index in [0.29, 0.717) is 17.9 Å². The van der Waals surface area contributed by atoms with E-state index in [-0.39, 0.29) is 0 Å². The molecule has 0 aliphatic heterocycles. The average Bonchev–Trinajstić information content (AvgIpc) is 2.85. The zero-order chi connectivity index (χ0) is 14.5. The van der Waals surface area contributed by atoms with Gasteiger partial charge in [0.1, 0.15) is 12.4 Å².